The number of hydrogen-bond donors (Lipinski definition) is 1. The first-order chi connectivity index (χ1) is 16.4. The molecule has 0 saturated heterocycles. The molecule has 0 bridgehead atoms. The lowest BCUT2D eigenvalue weighted by Crippen LogP contribution is -2.59. The quantitative estimate of drug-likeness (QED) is 0.389. The van der Waals surface area contributed by atoms with Crippen molar-refractivity contribution < 1.29 is 9.59 Å². The van der Waals surface area contributed by atoms with E-state index >= 15 is 0 Å². The third kappa shape index (κ3) is 4.12. The summed E-state index contributed by atoms with van der Waals surface area (Å²) in [5.41, 5.74) is 1.45. The first-order valence-electron chi connectivity index (χ1n) is 10.8. The van der Waals surface area contributed by atoms with Gasteiger partial charge in [-0.15, -0.1) is 21.5 Å². The fourth-order valence-corrected chi connectivity index (χ4v) is 5.49. The lowest BCUT2D eigenvalue weighted by molar-refractivity contribution is -0.125. The molecule has 0 aliphatic carbocycles. The molecule has 2 amide bonds. The van der Waals surface area contributed by atoms with Crippen molar-refractivity contribution in [2.24, 2.45) is 0 Å². The molecule has 172 valence electrons. The smallest absolute Gasteiger partial charge is 0.250 e. The van der Waals surface area contributed by atoms with E-state index in [4.69, 9.17) is 0 Å². The van der Waals surface area contributed by atoms with E-state index in [2.05, 4.69) is 27.6 Å². The number of thiophene rings is 1. The van der Waals surface area contributed by atoms with E-state index in [-0.39, 0.29) is 17.6 Å². The number of amides is 2. The van der Waals surface area contributed by atoms with Crippen LogP contribution >= 0.6 is 23.1 Å². The number of fused-ring (bicyclic) bond motifs is 1. The number of para-hydroxylation sites is 2. The molecular weight excluding hydrogens is 466 g/mol. The minimum Gasteiger partial charge on any atom is -0.322 e. The van der Waals surface area contributed by atoms with Gasteiger partial charge < -0.3 is 5.32 Å². The Labute approximate surface area is 205 Å². The summed E-state index contributed by atoms with van der Waals surface area (Å²) in [5, 5.41) is 14.4. The lowest BCUT2D eigenvalue weighted by Gasteiger charge is -2.42. The average molecular weight is 490 g/mol. The van der Waals surface area contributed by atoms with E-state index < -0.39 is 5.54 Å². The number of carbonyl (C=O) groups excluding carboxylic acids is 2. The summed E-state index contributed by atoms with van der Waals surface area (Å²) < 4.78 is 2.04. The van der Waals surface area contributed by atoms with Crippen molar-refractivity contribution in [3.8, 4) is 10.7 Å². The highest BCUT2D eigenvalue weighted by atomic mass is 32.2. The van der Waals surface area contributed by atoms with Gasteiger partial charge in [-0.25, -0.2) is 0 Å². The van der Waals surface area contributed by atoms with Crippen molar-refractivity contribution in [1.29, 1.82) is 0 Å². The molecule has 9 heteroatoms. The predicted octanol–water partition coefficient (Wildman–Crippen LogP) is 4.91. The second-order valence-electron chi connectivity index (χ2n) is 8.40. The predicted molar refractivity (Wildman–Crippen MR) is 136 cm³/mol. The largest absolute Gasteiger partial charge is 0.322 e. The Hall–Kier alpha value is -3.43. The molecule has 0 radical (unpaired) electrons. The summed E-state index contributed by atoms with van der Waals surface area (Å²) in [6.45, 7) is 4.11. The Morgan fingerprint density at radius 1 is 1.03 bits per heavy atom. The van der Waals surface area contributed by atoms with Crippen LogP contribution in [-0.4, -0.2) is 37.9 Å². The Morgan fingerprint density at radius 2 is 1.79 bits per heavy atom. The molecule has 1 N–H and O–H groups in total. The zero-order valence-electron chi connectivity index (χ0n) is 18.8. The van der Waals surface area contributed by atoms with Gasteiger partial charge in [0.05, 0.1) is 28.5 Å². The molecule has 34 heavy (non-hydrogen) atoms. The molecule has 7 nitrogen and oxygen atoms in total. The van der Waals surface area contributed by atoms with E-state index in [9.17, 15) is 9.59 Å². The van der Waals surface area contributed by atoms with Crippen molar-refractivity contribution >= 4 is 46.3 Å². The number of nitrogens with zero attached hydrogens (tertiary/aromatic N) is 4. The van der Waals surface area contributed by atoms with Crippen molar-refractivity contribution in [3.63, 3.8) is 0 Å². The van der Waals surface area contributed by atoms with Gasteiger partial charge in [0.25, 0.3) is 0 Å². The van der Waals surface area contributed by atoms with Gasteiger partial charge in [-0.05, 0) is 43.0 Å². The fourth-order valence-electron chi connectivity index (χ4n) is 3.98. The van der Waals surface area contributed by atoms with Gasteiger partial charge in [0.15, 0.2) is 11.0 Å². The molecule has 0 fully saturated rings. The topological polar surface area (TPSA) is 80.1 Å². The lowest BCUT2D eigenvalue weighted by atomic mass is 9.96. The van der Waals surface area contributed by atoms with Crippen molar-refractivity contribution in [2.45, 2.75) is 31.1 Å². The van der Waals surface area contributed by atoms with Crippen LogP contribution in [0.15, 0.2) is 77.3 Å². The molecule has 2 aromatic carbocycles. The summed E-state index contributed by atoms with van der Waals surface area (Å²) >= 11 is 2.94. The van der Waals surface area contributed by atoms with Crippen LogP contribution in [0.5, 0.6) is 0 Å². The Morgan fingerprint density at radius 3 is 2.56 bits per heavy atom. The summed E-state index contributed by atoms with van der Waals surface area (Å²) in [4.78, 5) is 28.8. The van der Waals surface area contributed by atoms with Crippen molar-refractivity contribution in [3.05, 3.63) is 77.7 Å². The number of aromatic nitrogens is 3. The summed E-state index contributed by atoms with van der Waals surface area (Å²) in [6, 6.07) is 21.5. The van der Waals surface area contributed by atoms with Gasteiger partial charge in [-0.1, -0.05) is 60.3 Å². The van der Waals surface area contributed by atoms with Crippen LogP contribution in [0.4, 0.5) is 11.4 Å². The maximum Gasteiger partial charge on any atom is 0.250 e. The Balaban J connectivity index is 1.43. The van der Waals surface area contributed by atoms with Gasteiger partial charge in [0, 0.05) is 0 Å². The molecule has 4 aromatic rings. The number of thioether (sulfide) groups is 1. The number of anilines is 2. The van der Waals surface area contributed by atoms with E-state index in [0.29, 0.717) is 23.1 Å². The first kappa shape index (κ1) is 22.4. The number of hydrogen-bond acceptors (Lipinski definition) is 6. The van der Waals surface area contributed by atoms with Crippen LogP contribution in [0.1, 0.15) is 19.4 Å². The second kappa shape index (κ2) is 9.08. The Bertz CT molecular complexity index is 1330. The summed E-state index contributed by atoms with van der Waals surface area (Å²) in [6.07, 6.45) is 0. The van der Waals surface area contributed by atoms with Crippen molar-refractivity contribution in [2.75, 3.05) is 16.0 Å². The van der Waals surface area contributed by atoms with E-state index in [1.165, 1.54) is 11.8 Å². The number of rotatable bonds is 6. The maximum absolute atomic E-state index is 13.5. The number of carbonyl (C=O) groups is 2. The monoisotopic (exact) mass is 489 g/mol. The molecule has 5 rings (SSSR count). The third-order valence-electron chi connectivity index (χ3n) is 5.72. The van der Waals surface area contributed by atoms with Crippen LogP contribution < -0.4 is 10.2 Å². The molecule has 0 spiro atoms. The van der Waals surface area contributed by atoms with Crippen LogP contribution in [0.25, 0.3) is 10.7 Å². The highest BCUT2D eigenvalue weighted by molar-refractivity contribution is 7.99. The molecular formula is C25H23N5O2S2. The van der Waals surface area contributed by atoms with Crippen molar-refractivity contribution in [1.82, 2.24) is 14.8 Å². The second-order valence-corrected chi connectivity index (χ2v) is 10.3. The standard InChI is InChI=1S/C25H23N5O2S2/c1-25(2)23(32)26-18-11-6-7-12-19(18)30(25)21(31)16-34-24-28-27-22(20-13-8-14-33-20)29(24)15-17-9-4-3-5-10-17/h3-14H,15-16H2,1-2H3,(H,26,32). The van der Waals surface area contributed by atoms with Crippen LogP contribution in [-0.2, 0) is 16.1 Å². The van der Waals surface area contributed by atoms with E-state index in [0.717, 1.165) is 16.3 Å². The third-order valence-corrected chi connectivity index (χ3v) is 7.54. The normalized spacial score (nSPS) is 14.5. The zero-order valence-corrected chi connectivity index (χ0v) is 20.4. The van der Waals surface area contributed by atoms with Crippen LogP contribution in [0, 0.1) is 0 Å². The van der Waals surface area contributed by atoms with Crippen LogP contribution in [0.2, 0.25) is 0 Å². The molecule has 0 atom stereocenters. The fraction of sp³-hybridized carbons (Fsp3) is 0.200. The van der Waals surface area contributed by atoms with Crippen LogP contribution in [0.3, 0.4) is 0 Å². The SMILES string of the molecule is CC1(C)C(=O)Nc2ccccc2N1C(=O)CSc1nnc(-c2cccs2)n1Cc1ccccc1. The molecule has 1 aliphatic rings. The van der Waals surface area contributed by atoms with E-state index in [1.807, 2.05) is 58.5 Å². The highest BCUT2D eigenvalue weighted by Crippen LogP contribution is 2.37. The summed E-state index contributed by atoms with van der Waals surface area (Å²) in [7, 11) is 0. The molecule has 0 unspecified atom stereocenters. The van der Waals surface area contributed by atoms with Gasteiger partial charge in [0.1, 0.15) is 5.54 Å². The van der Waals surface area contributed by atoms with Gasteiger partial charge in [-0.2, -0.15) is 0 Å². The van der Waals surface area contributed by atoms with E-state index in [1.54, 1.807) is 36.2 Å². The number of benzene rings is 2. The molecule has 1 aliphatic heterocycles. The minimum atomic E-state index is -1.01. The molecule has 3 heterocycles. The Kier molecular flexibility index (Phi) is 5.97. The minimum absolute atomic E-state index is 0.127. The van der Waals surface area contributed by atoms with Gasteiger partial charge >= 0.3 is 0 Å². The highest BCUT2D eigenvalue weighted by Gasteiger charge is 2.43. The maximum atomic E-state index is 13.5. The molecule has 2 aromatic heterocycles. The number of nitrogens with one attached hydrogen (secondary N) is 1. The van der Waals surface area contributed by atoms with Gasteiger partial charge in [-0.3, -0.25) is 19.1 Å². The van der Waals surface area contributed by atoms with Gasteiger partial charge in [0.2, 0.25) is 11.8 Å². The first-order valence-corrected chi connectivity index (χ1v) is 12.7. The zero-order chi connectivity index (χ0) is 23.7. The average Bonchev–Trinajstić information content (AvgIpc) is 3.49. The molecule has 0 saturated carbocycles. The summed E-state index contributed by atoms with van der Waals surface area (Å²) in [5.74, 6) is 0.528.